The fourth-order valence-corrected chi connectivity index (χ4v) is 2.46. The highest BCUT2D eigenvalue weighted by atomic mass is 15.0. The molecule has 0 aliphatic carbocycles. The Morgan fingerprint density at radius 1 is 1.24 bits per heavy atom. The van der Waals surface area contributed by atoms with Gasteiger partial charge in [0.25, 0.3) is 0 Å². The largest absolute Gasteiger partial charge is 0.383 e. The van der Waals surface area contributed by atoms with Crippen molar-refractivity contribution >= 4 is 11.4 Å². The molecule has 0 aromatic carbocycles. The predicted molar refractivity (Wildman–Crippen MR) is 67.0 cm³/mol. The number of aryl methyl sites for hydroxylation is 1. The molecule has 0 unspecified atom stereocenters. The number of aromatic amines is 1. The summed E-state index contributed by atoms with van der Waals surface area (Å²) in [5.41, 5.74) is 5.06. The summed E-state index contributed by atoms with van der Waals surface area (Å²) in [6.07, 6.45) is 4.69. The lowest BCUT2D eigenvalue weighted by atomic mass is 9.99. The fraction of sp³-hybridized carbons (Fsp3) is 0.500. The molecule has 5 heteroatoms. The monoisotopic (exact) mass is 231 g/mol. The normalized spacial score (nSPS) is 25.1. The summed E-state index contributed by atoms with van der Waals surface area (Å²) in [4.78, 5) is 7.61. The fourth-order valence-electron chi connectivity index (χ4n) is 2.46. The van der Waals surface area contributed by atoms with Crippen LogP contribution in [0.3, 0.4) is 0 Å². The number of hydrogen-bond donors (Lipinski definition) is 4. The number of rotatable bonds is 0. The molecule has 5 nitrogen and oxygen atoms in total. The zero-order chi connectivity index (χ0) is 11.7. The lowest BCUT2D eigenvalue weighted by Gasteiger charge is -2.21. The molecule has 90 valence electrons. The molecule has 0 radical (unpaired) electrons. The van der Waals surface area contributed by atoms with E-state index in [1.165, 1.54) is 5.69 Å². The Morgan fingerprint density at radius 3 is 3.06 bits per heavy atom. The molecule has 1 saturated heterocycles. The van der Waals surface area contributed by atoms with Crippen molar-refractivity contribution in [3.63, 3.8) is 0 Å². The van der Waals surface area contributed by atoms with Gasteiger partial charge in [-0.1, -0.05) is 0 Å². The molecule has 2 aliphatic heterocycles. The highest BCUT2D eigenvalue weighted by Gasteiger charge is 2.22. The first kappa shape index (κ1) is 10.5. The van der Waals surface area contributed by atoms with E-state index in [1.54, 1.807) is 6.33 Å². The smallest absolute Gasteiger partial charge is 0.107 e. The maximum Gasteiger partial charge on any atom is 0.107 e. The lowest BCUT2D eigenvalue weighted by molar-refractivity contribution is 0.720. The average Bonchev–Trinajstić information content (AvgIpc) is 2.71. The minimum atomic E-state index is 0.738. The van der Waals surface area contributed by atoms with E-state index in [0.29, 0.717) is 0 Å². The summed E-state index contributed by atoms with van der Waals surface area (Å²) in [6.45, 7) is 2.63. The highest BCUT2D eigenvalue weighted by molar-refractivity contribution is 6.05. The van der Waals surface area contributed by atoms with Crippen molar-refractivity contribution in [3.05, 3.63) is 23.3 Å². The summed E-state index contributed by atoms with van der Waals surface area (Å²) in [5.74, 6) is 0. The Hall–Kier alpha value is -1.62. The molecule has 17 heavy (non-hydrogen) atoms. The molecule has 2 aliphatic rings. The number of H-pyrrole nitrogens is 1. The molecule has 3 rings (SSSR count). The first-order chi connectivity index (χ1) is 8.36. The topological polar surface area (TPSA) is 76.6 Å². The summed E-state index contributed by atoms with van der Waals surface area (Å²) in [7, 11) is 0. The maximum atomic E-state index is 8.07. The van der Waals surface area contributed by atoms with Crippen molar-refractivity contribution < 1.29 is 0 Å². The van der Waals surface area contributed by atoms with E-state index in [9.17, 15) is 0 Å². The summed E-state index contributed by atoms with van der Waals surface area (Å²) < 4.78 is 0. The van der Waals surface area contributed by atoms with Gasteiger partial charge in [0.2, 0.25) is 0 Å². The quantitative estimate of drug-likeness (QED) is 0.530. The van der Waals surface area contributed by atoms with Crippen molar-refractivity contribution in [1.82, 2.24) is 20.6 Å². The summed E-state index contributed by atoms with van der Waals surface area (Å²) >= 11 is 0. The Morgan fingerprint density at radius 2 is 2.18 bits per heavy atom. The lowest BCUT2D eigenvalue weighted by Crippen LogP contribution is -2.33. The molecule has 1 fully saturated rings. The zero-order valence-corrected chi connectivity index (χ0v) is 9.77. The van der Waals surface area contributed by atoms with Crippen LogP contribution in [0.2, 0.25) is 0 Å². The van der Waals surface area contributed by atoms with Crippen LogP contribution < -0.4 is 10.6 Å². The number of fused-ring (bicyclic) bond motifs is 1. The molecule has 1 aromatic heterocycles. The van der Waals surface area contributed by atoms with E-state index in [0.717, 1.165) is 61.6 Å². The van der Waals surface area contributed by atoms with Crippen LogP contribution in [-0.2, 0) is 6.42 Å². The van der Waals surface area contributed by atoms with Gasteiger partial charge in [-0.15, -0.1) is 0 Å². The van der Waals surface area contributed by atoms with Crippen molar-refractivity contribution in [3.8, 4) is 0 Å². The van der Waals surface area contributed by atoms with Crippen molar-refractivity contribution in [2.45, 2.75) is 19.3 Å². The number of hydrogen-bond acceptors (Lipinski definition) is 4. The third-order valence-electron chi connectivity index (χ3n) is 3.38. The van der Waals surface area contributed by atoms with Crippen molar-refractivity contribution in [1.29, 1.82) is 5.41 Å². The van der Waals surface area contributed by atoms with Crippen LogP contribution >= 0.6 is 0 Å². The Bertz CT molecular complexity index is 471. The molecular weight excluding hydrogens is 214 g/mol. The second kappa shape index (κ2) is 4.33. The van der Waals surface area contributed by atoms with E-state index in [4.69, 9.17) is 5.41 Å². The molecule has 0 spiro atoms. The van der Waals surface area contributed by atoms with E-state index in [1.807, 2.05) is 0 Å². The second-order valence-electron chi connectivity index (χ2n) is 4.52. The zero-order valence-electron chi connectivity index (χ0n) is 9.77. The van der Waals surface area contributed by atoms with E-state index < -0.39 is 0 Å². The predicted octanol–water partition coefficient (Wildman–Crippen LogP) is 0.670. The van der Waals surface area contributed by atoms with E-state index >= 15 is 0 Å². The average molecular weight is 231 g/mol. The molecule has 0 atom stereocenters. The number of imidazole rings is 1. The number of aromatic nitrogens is 2. The van der Waals surface area contributed by atoms with Crippen LogP contribution in [0.4, 0.5) is 0 Å². The van der Waals surface area contributed by atoms with Crippen LogP contribution in [0.5, 0.6) is 0 Å². The van der Waals surface area contributed by atoms with Crippen molar-refractivity contribution in [2.24, 2.45) is 0 Å². The number of nitrogens with zero attached hydrogens (tertiary/aromatic N) is 1. The summed E-state index contributed by atoms with van der Waals surface area (Å²) in [6, 6.07) is 0. The minimum absolute atomic E-state index is 0.738. The van der Waals surface area contributed by atoms with Crippen LogP contribution in [0, 0.1) is 5.41 Å². The first-order valence-electron chi connectivity index (χ1n) is 6.14. The Labute approximate surface area is 100 Å². The molecular formula is C12H17N5. The van der Waals surface area contributed by atoms with Crippen LogP contribution in [0.1, 0.15) is 24.2 Å². The molecule has 3 heterocycles. The molecule has 0 amide bonds. The Kier molecular flexibility index (Phi) is 2.68. The molecule has 4 N–H and O–H groups in total. The first-order valence-corrected chi connectivity index (χ1v) is 6.14. The maximum absolute atomic E-state index is 8.07. The van der Waals surface area contributed by atoms with Crippen LogP contribution in [0.25, 0.3) is 5.70 Å². The number of piperidine rings is 1. The molecule has 0 saturated carbocycles. The van der Waals surface area contributed by atoms with Crippen molar-refractivity contribution in [2.75, 3.05) is 19.6 Å². The van der Waals surface area contributed by atoms with Gasteiger partial charge >= 0.3 is 0 Å². The summed E-state index contributed by atoms with van der Waals surface area (Å²) in [5, 5.41) is 14.8. The second-order valence-corrected chi connectivity index (χ2v) is 4.52. The number of nitrogens with one attached hydrogen (secondary N) is 4. The van der Waals surface area contributed by atoms with Gasteiger partial charge < -0.3 is 21.0 Å². The highest BCUT2D eigenvalue weighted by Crippen LogP contribution is 2.23. The Balaban J connectivity index is 2.07. The molecule has 0 bridgehead atoms. The van der Waals surface area contributed by atoms with Gasteiger partial charge in [0.1, 0.15) is 5.69 Å². The van der Waals surface area contributed by atoms with Gasteiger partial charge in [-0.2, -0.15) is 0 Å². The van der Waals surface area contributed by atoms with Crippen LogP contribution in [0.15, 0.2) is 11.9 Å². The van der Waals surface area contributed by atoms with Gasteiger partial charge in [-0.05, 0) is 12.8 Å². The van der Waals surface area contributed by atoms with E-state index in [-0.39, 0.29) is 0 Å². The van der Waals surface area contributed by atoms with Gasteiger partial charge in [0, 0.05) is 43.0 Å². The standard InChI is InChI=1S/C12H17N5/c13-9-3-5-14-6-8(9)11-12-10(16-7-17-12)2-1-4-15-11/h7,13-15H,1-6H2,(H,16,17)/b11-8-,13-9?. The van der Waals surface area contributed by atoms with Crippen LogP contribution in [-0.4, -0.2) is 35.3 Å². The van der Waals surface area contributed by atoms with Gasteiger partial charge in [-0.25, -0.2) is 4.98 Å². The SMILES string of the molecule is N=C1CCNC/C1=C1/NCCCc2[nH]cnc21. The van der Waals surface area contributed by atoms with Gasteiger partial charge in [0.15, 0.2) is 0 Å². The minimum Gasteiger partial charge on any atom is -0.383 e. The molecule has 1 aromatic rings. The third-order valence-corrected chi connectivity index (χ3v) is 3.38. The van der Waals surface area contributed by atoms with Gasteiger partial charge in [0.05, 0.1) is 12.0 Å². The van der Waals surface area contributed by atoms with Gasteiger partial charge in [-0.3, -0.25) is 0 Å². The van der Waals surface area contributed by atoms with E-state index in [2.05, 4.69) is 20.6 Å². The third kappa shape index (κ3) is 1.86.